The van der Waals surface area contributed by atoms with Crippen LogP contribution in [0.2, 0.25) is 0 Å². The highest BCUT2D eigenvalue weighted by Crippen LogP contribution is 2.47. The number of rotatable bonds is 3. The first kappa shape index (κ1) is 12.5. The van der Waals surface area contributed by atoms with Gasteiger partial charge in [0.05, 0.1) is 6.10 Å². The monoisotopic (exact) mass is 297 g/mol. The van der Waals surface area contributed by atoms with E-state index in [0.29, 0.717) is 0 Å². The van der Waals surface area contributed by atoms with E-state index in [4.69, 9.17) is 13.7 Å². The minimum Gasteiger partial charge on any atom is -0.772 e. The summed E-state index contributed by atoms with van der Waals surface area (Å²) in [6.07, 6.45) is -2.63. The zero-order chi connectivity index (χ0) is 13.1. The maximum atomic E-state index is 11.5. The van der Waals surface area contributed by atoms with Crippen molar-refractivity contribution in [2.24, 2.45) is 0 Å². The lowest BCUT2D eigenvalue weighted by Crippen LogP contribution is -2.42. The summed E-state index contributed by atoms with van der Waals surface area (Å²) in [5, 5.41) is -0.698. The Balaban J connectivity index is 1.74. The second-order valence-electron chi connectivity index (χ2n) is 4.37. The first-order chi connectivity index (χ1) is 8.38. The minimum absolute atomic E-state index is 0.210. The van der Waals surface area contributed by atoms with Crippen LogP contribution in [0.25, 0.3) is 0 Å². The molecule has 3 aliphatic heterocycles. The van der Waals surface area contributed by atoms with E-state index in [1.165, 1.54) is 0 Å². The van der Waals surface area contributed by atoms with Crippen LogP contribution in [-0.4, -0.2) is 58.6 Å². The molecule has 6 unspecified atom stereocenters. The van der Waals surface area contributed by atoms with Crippen LogP contribution in [0.1, 0.15) is 6.42 Å². The third-order valence-corrected chi connectivity index (χ3v) is 5.46. The smallest absolute Gasteiger partial charge is 0.317 e. The Bertz CT molecular complexity index is 513. The molecule has 2 bridgehead atoms. The molecular weight excluding hydrogens is 288 g/mol. The van der Waals surface area contributed by atoms with E-state index in [0.717, 1.165) is 0 Å². The van der Waals surface area contributed by atoms with Gasteiger partial charge in [-0.2, -0.15) is 8.42 Å². The van der Waals surface area contributed by atoms with E-state index < -0.39 is 62.6 Å². The van der Waals surface area contributed by atoms with Crippen LogP contribution >= 0.6 is 0 Å². The predicted octanol–water partition coefficient (Wildman–Crippen LogP) is -1.95. The van der Waals surface area contributed by atoms with Gasteiger partial charge in [-0.1, -0.05) is 0 Å². The van der Waals surface area contributed by atoms with Gasteiger partial charge < -0.3 is 14.0 Å². The highest BCUT2D eigenvalue weighted by Gasteiger charge is 2.67. The molecule has 0 aromatic heterocycles. The number of esters is 1. The summed E-state index contributed by atoms with van der Waals surface area (Å²) in [5.74, 6) is -1.70. The molecule has 3 aliphatic rings. The van der Waals surface area contributed by atoms with Crippen molar-refractivity contribution in [3.8, 4) is 0 Å². The summed E-state index contributed by atoms with van der Waals surface area (Å²) in [7, 11) is -3.66. The summed E-state index contributed by atoms with van der Waals surface area (Å²) >= 11 is -2.54. The van der Waals surface area contributed by atoms with Gasteiger partial charge in [0.15, 0.2) is 6.10 Å². The molecule has 18 heavy (non-hydrogen) atoms. The van der Waals surface area contributed by atoms with Crippen LogP contribution in [0.15, 0.2) is 0 Å². The van der Waals surface area contributed by atoms with Gasteiger partial charge in [-0.05, 0) is 17.5 Å². The molecule has 0 spiro atoms. The average molecular weight is 297 g/mol. The van der Waals surface area contributed by atoms with Crippen LogP contribution in [-0.2, 0) is 39.6 Å². The van der Waals surface area contributed by atoms with E-state index in [2.05, 4.69) is 0 Å². The Labute approximate surface area is 105 Å². The van der Waals surface area contributed by atoms with Crippen molar-refractivity contribution in [1.29, 1.82) is 0 Å². The SMILES string of the molecule is O=C(CS(=O)[O-])OC1C2CC3C(O2)C1OS3(=O)=O. The third-order valence-electron chi connectivity index (χ3n) is 3.30. The fraction of sp³-hybridized carbons (Fsp3) is 0.875. The second-order valence-corrected chi connectivity index (χ2v) is 7.05. The number of ether oxygens (including phenoxy) is 2. The lowest BCUT2D eigenvalue weighted by molar-refractivity contribution is -0.151. The molecule has 10 heteroatoms. The van der Waals surface area contributed by atoms with Crippen molar-refractivity contribution in [3.05, 3.63) is 0 Å². The number of hydrogen-bond acceptors (Lipinski definition) is 8. The summed E-state index contributed by atoms with van der Waals surface area (Å²) in [6, 6.07) is 0. The molecule has 0 aliphatic carbocycles. The molecule has 102 valence electrons. The van der Waals surface area contributed by atoms with Crippen LogP contribution in [0, 0.1) is 0 Å². The van der Waals surface area contributed by atoms with Gasteiger partial charge in [0.25, 0.3) is 10.1 Å². The van der Waals surface area contributed by atoms with E-state index in [1.54, 1.807) is 0 Å². The fourth-order valence-electron chi connectivity index (χ4n) is 2.65. The van der Waals surface area contributed by atoms with E-state index in [9.17, 15) is 22.0 Å². The molecule has 3 heterocycles. The van der Waals surface area contributed by atoms with Crippen molar-refractivity contribution in [2.45, 2.75) is 36.1 Å². The third kappa shape index (κ3) is 1.79. The standard InChI is InChI=1S/C8H10O8S2/c9-5(2-17(10)11)15-6-3-1-4-7(14-3)8(6)16-18(4,12)13/h3-4,6-8H,1-2H2,(H,10,11)/p-1. The summed E-state index contributed by atoms with van der Waals surface area (Å²) < 4.78 is 59.0. The van der Waals surface area contributed by atoms with Crippen molar-refractivity contribution in [3.63, 3.8) is 0 Å². The van der Waals surface area contributed by atoms with Crippen molar-refractivity contribution in [2.75, 3.05) is 5.75 Å². The molecule has 0 aromatic rings. The van der Waals surface area contributed by atoms with Crippen LogP contribution in [0.4, 0.5) is 0 Å². The second kappa shape index (κ2) is 3.97. The Hall–Kier alpha value is -0.550. The molecule has 0 saturated carbocycles. The first-order valence-electron chi connectivity index (χ1n) is 5.21. The van der Waals surface area contributed by atoms with Gasteiger partial charge >= 0.3 is 5.97 Å². The average Bonchev–Trinajstić information content (AvgIpc) is 2.80. The number of carbonyl (C=O) groups excluding carboxylic acids is 1. The maximum Gasteiger partial charge on any atom is 0.317 e. The topological polar surface area (TPSA) is 119 Å². The quantitative estimate of drug-likeness (QED) is 0.335. The lowest BCUT2D eigenvalue weighted by atomic mass is 9.94. The molecule has 3 saturated heterocycles. The molecule has 8 nitrogen and oxygen atoms in total. The number of hydrogen-bond donors (Lipinski definition) is 0. The highest BCUT2D eigenvalue weighted by molar-refractivity contribution is 7.87. The van der Waals surface area contributed by atoms with Crippen molar-refractivity contribution >= 4 is 27.2 Å². The molecule has 3 fully saturated rings. The summed E-state index contributed by atoms with van der Waals surface area (Å²) in [6.45, 7) is 0. The molecule has 0 aromatic carbocycles. The van der Waals surface area contributed by atoms with Gasteiger partial charge in [0, 0.05) is 0 Å². The van der Waals surface area contributed by atoms with Crippen LogP contribution in [0.3, 0.4) is 0 Å². The molecule has 0 amide bonds. The normalized spacial score (nSPS) is 45.1. The number of fused-ring (bicyclic) bond motifs is 1. The van der Waals surface area contributed by atoms with Crippen LogP contribution in [0.5, 0.6) is 0 Å². The van der Waals surface area contributed by atoms with Gasteiger partial charge in [0.1, 0.15) is 23.2 Å². The lowest BCUT2D eigenvalue weighted by Gasteiger charge is -2.22. The minimum atomic E-state index is -3.66. The Morgan fingerprint density at radius 1 is 1.44 bits per heavy atom. The molecule has 0 radical (unpaired) electrons. The van der Waals surface area contributed by atoms with Gasteiger partial charge in [-0.15, -0.1) is 0 Å². The van der Waals surface area contributed by atoms with E-state index in [-0.39, 0.29) is 6.42 Å². The number of carbonyl (C=O) groups is 1. The molecule has 3 rings (SSSR count). The predicted molar refractivity (Wildman–Crippen MR) is 54.5 cm³/mol. The van der Waals surface area contributed by atoms with E-state index in [1.807, 2.05) is 0 Å². The highest BCUT2D eigenvalue weighted by atomic mass is 32.2. The molecule has 0 N–H and O–H groups in total. The summed E-state index contributed by atoms with van der Waals surface area (Å²) in [4.78, 5) is 11.2. The molecule has 6 atom stereocenters. The van der Waals surface area contributed by atoms with Gasteiger partial charge in [0.2, 0.25) is 0 Å². The van der Waals surface area contributed by atoms with Gasteiger partial charge in [-0.3, -0.25) is 13.2 Å². The Kier molecular flexibility index (Phi) is 2.75. The largest absolute Gasteiger partial charge is 0.772 e. The van der Waals surface area contributed by atoms with Crippen LogP contribution < -0.4 is 0 Å². The zero-order valence-corrected chi connectivity index (χ0v) is 10.5. The fourth-order valence-corrected chi connectivity index (χ4v) is 4.55. The first-order valence-corrected chi connectivity index (χ1v) is 7.93. The maximum absolute atomic E-state index is 11.5. The Morgan fingerprint density at radius 3 is 2.83 bits per heavy atom. The van der Waals surface area contributed by atoms with Gasteiger partial charge in [-0.25, -0.2) is 0 Å². The van der Waals surface area contributed by atoms with Crippen molar-refractivity contribution in [1.82, 2.24) is 0 Å². The molecular formula is C8H9O8S2-. The van der Waals surface area contributed by atoms with Crippen molar-refractivity contribution < 1.29 is 35.6 Å². The van der Waals surface area contributed by atoms with E-state index >= 15 is 0 Å². The zero-order valence-electron chi connectivity index (χ0n) is 8.88. The summed E-state index contributed by atoms with van der Waals surface area (Å²) in [5.41, 5.74) is 0. The Morgan fingerprint density at radius 2 is 2.17 bits per heavy atom.